The molecule has 12 nitrogen and oxygen atoms in total. The van der Waals surface area contributed by atoms with Gasteiger partial charge in [0.1, 0.15) is 13.1 Å². The van der Waals surface area contributed by atoms with Crippen LogP contribution < -0.4 is 0 Å². The van der Waals surface area contributed by atoms with Crippen molar-refractivity contribution in [2.75, 3.05) is 13.1 Å². The van der Waals surface area contributed by atoms with Crippen LogP contribution in [0.2, 0.25) is 0 Å². The van der Waals surface area contributed by atoms with Crippen molar-refractivity contribution in [3.8, 4) is 0 Å². The Morgan fingerprint density at radius 2 is 1.03 bits per heavy atom. The lowest BCUT2D eigenvalue weighted by Crippen LogP contribution is -2.22. The molecule has 160 valence electrons. The standard InChI is InChI=1S/C18H20N4O8/c23-15(24)9-13-3-1-7-21(11-17(27)28)19-20-22(12-18(29)30)8-2-4-14(6-5-13)10-16(25)26/h1-8H,9-12H2,(H,23,24)(H,25,26)(H,27,28)(H,29,30)/b6-5-,7-1-,8-2-,13-3+,14-4+,20-19-. The smallest absolute Gasteiger partial charge is 0.325 e. The maximum atomic E-state index is 11.0. The van der Waals surface area contributed by atoms with E-state index in [1.165, 1.54) is 48.9 Å². The molecule has 0 spiro atoms. The number of hydrogen-bond donors (Lipinski definition) is 4. The first-order chi connectivity index (χ1) is 14.2. The Morgan fingerprint density at radius 1 is 0.667 bits per heavy atom. The summed E-state index contributed by atoms with van der Waals surface area (Å²) in [4.78, 5) is 44.0. The van der Waals surface area contributed by atoms with Crippen LogP contribution in [-0.2, 0) is 19.2 Å². The number of allylic oxidation sites excluding steroid dienone is 6. The minimum absolute atomic E-state index is 0.316. The Balaban J connectivity index is 3.37. The van der Waals surface area contributed by atoms with Crippen LogP contribution >= 0.6 is 0 Å². The van der Waals surface area contributed by atoms with E-state index in [9.17, 15) is 19.2 Å². The van der Waals surface area contributed by atoms with Gasteiger partial charge < -0.3 is 20.4 Å². The van der Waals surface area contributed by atoms with Crippen molar-refractivity contribution in [2.45, 2.75) is 12.8 Å². The third kappa shape index (κ3) is 10.8. The van der Waals surface area contributed by atoms with Gasteiger partial charge in [0.15, 0.2) is 0 Å². The Hall–Kier alpha value is -4.22. The Labute approximate surface area is 170 Å². The summed E-state index contributed by atoms with van der Waals surface area (Å²) in [5.41, 5.74) is 0.631. The molecule has 0 unspecified atom stereocenters. The first-order valence-electron chi connectivity index (χ1n) is 8.40. The van der Waals surface area contributed by atoms with Gasteiger partial charge in [0, 0.05) is 12.4 Å². The van der Waals surface area contributed by atoms with Crippen LogP contribution in [0.3, 0.4) is 0 Å². The third-order valence-electron chi connectivity index (χ3n) is 3.22. The molecular formula is C18H20N4O8. The molecule has 30 heavy (non-hydrogen) atoms. The summed E-state index contributed by atoms with van der Waals surface area (Å²) in [5, 5.41) is 45.1. The molecule has 4 N–H and O–H groups in total. The highest BCUT2D eigenvalue weighted by molar-refractivity contribution is 5.72. The fourth-order valence-corrected chi connectivity index (χ4v) is 2.05. The van der Waals surface area contributed by atoms with Gasteiger partial charge in [0.25, 0.3) is 0 Å². The van der Waals surface area contributed by atoms with Crippen molar-refractivity contribution in [3.05, 3.63) is 60.0 Å². The molecule has 1 rings (SSSR count). The Morgan fingerprint density at radius 3 is 1.33 bits per heavy atom. The second-order valence-electron chi connectivity index (χ2n) is 5.80. The molecule has 12 heteroatoms. The number of rotatable bonds is 8. The van der Waals surface area contributed by atoms with Crippen molar-refractivity contribution in [1.82, 2.24) is 10.0 Å². The molecule has 1 aliphatic rings. The van der Waals surface area contributed by atoms with Crippen molar-refractivity contribution < 1.29 is 39.6 Å². The maximum Gasteiger partial charge on any atom is 0.325 e. The van der Waals surface area contributed by atoms with Crippen molar-refractivity contribution in [2.24, 2.45) is 10.4 Å². The molecule has 0 bridgehead atoms. The second kappa shape index (κ2) is 12.3. The zero-order chi connectivity index (χ0) is 22.5. The van der Waals surface area contributed by atoms with Gasteiger partial charge in [-0.3, -0.25) is 19.2 Å². The van der Waals surface area contributed by atoms with Crippen molar-refractivity contribution in [1.29, 1.82) is 0 Å². The minimum Gasteiger partial charge on any atom is -0.481 e. The molecule has 0 radical (unpaired) electrons. The summed E-state index contributed by atoms with van der Waals surface area (Å²) >= 11 is 0. The van der Waals surface area contributed by atoms with Crippen LogP contribution in [0.4, 0.5) is 0 Å². The molecule has 0 aromatic carbocycles. The zero-order valence-electron chi connectivity index (χ0n) is 15.7. The van der Waals surface area contributed by atoms with Crippen LogP contribution in [0.15, 0.2) is 70.4 Å². The predicted octanol–water partition coefficient (Wildman–Crippen LogP) is 1.44. The molecule has 0 amide bonds. The van der Waals surface area contributed by atoms with Gasteiger partial charge in [-0.25, -0.2) is 10.0 Å². The highest BCUT2D eigenvalue weighted by Crippen LogP contribution is 2.11. The number of hydrogen-bond acceptors (Lipinski definition) is 8. The van der Waals surface area contributed by atoms with E-state index in [0.717, 1.165) is 10.0 Å². The predicted molar refractivity (Wildman–Crippen MR) is 102 cm³/mol. The van der Waals surface area contributed by atoms with E-state index in [1.807, 2.05) is 0 Å². The zero-order valence-corrected chi connectivity index (χ0v) is 15.7. The number of carbonyl (C=O) groups is 4. The molecule has 0 saturated heterocycles. The van der Waals surface area contributed by atoms with E-state index in [2.05, 4.69) is 10.4 Å². The lowest BCUT2D eigenvalue weighted by molar-refractivity contribution is -0.139. The summed E-state index contributed by atoms with van der Waals surface area (Å²) in [6.45, 7) is -1.16. The van der Waals surface area contributed by atoms with Crippen LogP contribution in [0.5, 0.6) is 0 Å². The third-order valence-corrected chi connectivity index (χ3v) is 3.22. The van der Waals surface area contributed by atoms with Crippen molar-refractivity contribution in [3.63, 3.8) is 0 Å². The van der Waals surface area contributed by atoms with Gasteiger partial charge in [-0.15, -0.1) is 0 Å². The van der Waals surface area contributed by atoms with E-state index < -0.39 is 37.0 Å². The molecule has 1 heterocycles. The first-order valence-corrected chi connectivity index (χ1v) is 8.40. The summed E-state index contributed by atoms with van der Waals surface area (Å²) in [5.74, 6) is -4.68. The molecule has 0 aliphatic carbocycles. The molecule has 0 saturated carbocycles. The van der Waals surface area contributed by atoms with Crippen LogP contribution in [0.1, 0.15) is 12.8 Å². The SMILES string of the molecule is O=C(O)CC1=C/C=C\N(CC(=O)O)/N=N\N(CC(=O)O)/C=C\C=C(CC(=O)O)/C=C\1. The molecule has 0 aromatic rings. The lowest BCUT2D eigenvalue weighted by Gasteiger charge is -2.13. The fourth-order valence-electron chi connectivity index (χ4n) is 2.05. The Kier molecular flexibility index (Phi) is 9.75. The topological polar surface area (TPSA) is 180 Å². The fraction of sp³-hybridized carbons (Fsp3) is 0.222. The highest BCUT2D eigenvalue weighted by atomic mass is 16.4. The Bertz CT molecular complexity index is 786. The molecule has 0 fully saturated rings. The molecule has 0 aromatic heterocycles. The lowest BCUT2D eigenvalue weighted by atomic mass is 10.1. The summed E-state index contributed by atoms with van der Waals surface area (Å²) in [7, 11) is 0. The van der Waals surface area contributed by atoms with E-state index in [4.69, 9.17) is 20.4 Å². The van der Waals surface area contributed by atoms with Gasteiger partial charge in [-0.05, 0) is 33.7 Å². The highest BCUT2D eigenvalue weighted by Gasteiger charge is 2.08. The van der Waals surface area contributed by atoms with Gasteiger partial charge in [0.2, 0.25) is 0 Å². The van der Waals surface area contributed by atoms with E-state index >= 15 is 0 Å². The number of carboxylic acid groups (broad SMARTS) is 4. The average molecular weight is 420 g/mol. The van der Waals surface area contributed by atoms with E-state index in [1.54, 1.807) is 0 Å². The monoisotopic (exact) mass is 420 g/mol. The number of nitrogens with zero attached hydrogens (tertiary/aromatic N) is 4. The number of carboxylic acids is 4. The average Bonchev–Trinajstić information content (AvgIpc) is 2.60. The van der Waals surface area contributed by atoms with Crippen LogP contribution in [0.25, 0.3) is 0 Å². The van der Waals surface area contributed by atoms with Gasteiger partial charge in [-0.2, -0.15) is 0 Å². The van der Waals surface area contributed by atoms with E-state index in [0.29, 0.717) is 11.1 Å². The minimum atomic E-state index is -1.23. The summed E-state index contributed by atoms with van der Waals surface area (Å²) < 4.78 is 0. The number of aliphatic carboxylic acids is 4. The van der Waals surface area contributed by atoms with E-state index in [-0.39, 0.29) is 12.8 Å². The summed E-state index contributed by atoms with van der Waals surface area (Å²) in [6.07, 6.45) is 10.0. The maximum absolute atomic E-state index is 11.0. The van der Waals surface area contributed by atoms with Crippen LogP contribution in [0, 0.1) is 0 Å². The molecular weight excluding hydrogens is 400 g/mol. The van der Waals surface area contributed by atoms with Gasteiger partial charge >= 0.3 is 23.9 Å². The quantitative estimate of drug-likeness (QED) is 0.448. The molecule has 1 aliphatic heterocycles. The van der Waals surface area contributed by atoms with Crippen molar-refractivity contribution >= 4 is 23.9 Å². The van der Waals surface area contributed by atoms with Gasteiger partial charge in [0.05, 0.1) is 12.8 Å². The van der Waals surface area contributed by atoms with Gasteiger partial charge in [-0.1, -0.05) is 24.3 Å². The molecule has 0 atom stereocenters. The largest absolute Gasteiger partial charge is 0.481 e. The first kappa shape index (κ1) is 23.8. The second-order valence-corrected chi connectivity index (χ2v) is 5.80. The van der Waals surface area contributed by atoms with Crippen LogP contribution in [-0.4, -0.2) is 67.4 Å². The summed E-state index contributed by atoms with van der Waals surface area (Å²) in [6, 6.07) is 0. The normalized spacial score (nSPS) is 22.4.